The van der Waals surface area contributed by atoms with Crippen molar-refractivity contribution in [2.75, 3.05) is 11.5 Å². The van der Waals surface area contributed by atoms with Crippen LogP contribution in [0.15, 0.2) is 36.5 Å². The van der Waals surface area contributed by atoms with Crippen LogP contribution in [-0.4, -0.2) is 27.4 Å². The fourth-order valence-corrected chi connectivity index (χ4v) is 2.42. The molecule has 0 atom stereocenters. The molecule has 1 amide bonds. The Morgan fingerprint density at radius 2 is 2.15 bits per heavy atom. The first-order chi connectivity index (χ1) is 9.79. The van der Waals surface area contributed by atoms with Crippen molar-refractivity contribution >= 4 is 17.7 Å². The smallest absolute Gasteiger partial charge is 0.221 e. The molecular formula is C15H19N3OS. The minimum Gasteiger partial charge on any atom is -0.349 e. The van der Waals surface area contributed by atoms with E-state index in [9.17, 15) is 4.79 Å². The van der Waals surface area contributed by atoms with Gasteiger partial charge in [0.1, 0.15) is 5.82 Å². The Kier molecular flexibility index (Phi) is 5.68. The van der Waals surface area contributed by atoms with Gasteiger partial charge in [-0.2, -0.15) is 11.8 Å². The summed E-state index contributed by atoms with van der Waals surface area (Å²) in [6.07, 6.45) is 2.36. The highest BCUT2D eigenvalue weighted by Crippen LogP contribution is 2.15. The molecule has 0 aliphatic rings. The molecule has 0 bridgehead atoms. The maximum atomic E-state index is 11.6. The number of carbonyl (C=O) groups is 1. The monoisotopic (exact) mass is 289 g/mol. The summed E-state index contributed by atoms with van der Waals surface area (Å²) in [5, 5.41) is 2.88. The van der Waals surface area contributed by atoms with Crippen LogP contribution in [0.5, 0.6) is 0 Å². The topological polar surface area (TPSA) is 57.8 Å². The van der Waals surface area contributed by atoms with Crippen LogP contribution in [0.25, 0.3) is 11.3 Å². The minimum atomic E-state index is 0.0728. The summed E-state index contributed by atoms with van der Waals surface area (Å²) in [6.45, 7) is 2.54. The van der Waals surface area contributed by atoms with Crippen molar-refractivity contribution < 1.29 is 4.79 Å². The van der Waals surface area contributed by atoms with E-state index in [1.165, 1.54) is 0 Å². The molecule has 0 unspecified atom stereocenters. The number of imidazole rings is 1. The summed E-state index contributed by atoms with van der Waals surface area (Å²) in [4.78, 5) is 19.1. The number of benzene rings is 1. The molecule has 5 heteroatoms. The SMILES string of the molecule is CCSCCC(=O)NCc1ncc(-c2ccccc2)[nH]1. The van der Waals surface area contributed by atoms with E-state index in [-0.39, 0.29) is 5.91 Å². The van der Waals surface area contributed by atoms with E-state index in [0.717, 1.165) is 28.6 Å². The van der Waals surface area contributed by atoms with Gasteiger partial charge in [-0.3, -0.25) is 4.79 Å². The van der Waals surface area contributed by atoms with E-state index in [2.05, 4.69) is 22.2 Å². The van der Waals surface area contributed by atoms with E-state index in [1.54, 1.807) is 18.0 Å². The Labute approximate surface area is 123 Å². The number of nitrogens with one attached hydrogen (secondary N) is 2. The van der Waals surface area contributed by atoms with Gasteiger partial charge in [0.15, 0.2) is 0 Å². The molecule has 0 aliphatic heterocycles. The summed E-state index contributed by atoms with van der Waals surface area (Å²) in [5.41, 5.74) is 2.06. The molecule has 20 heavy (non-hydrogen) atoms. The van der Waals surface area contributed by atoms with Crippen molar-refractivity contribution in [3.05, 3.63) is 42.4 Å². The number of aromatic nitrogens is 2. The fraction of sp³-hybridized carbons (Fsp3) is 0.333. The van der Waals surface area contributed by atoms with Crippen LogP contribution < -0.4 is 5.32 Å². The summed E-state index contributed by atoms with van der Waals surface area (Å²) in [5.74, 6) is 2.77. The fourth-order valence-electron chi connectivity index (χ4n) is 1.80. The summed E-state index contributed by atoms with van der Waals surface area (Å²) < 4.78 is 0. The highest BCUT2D eigenvalue weighted by atomic mass is 32.2. The quantitative estimate of drug-likeness (QED) is 0.771. The van der Waals surface area contributed by atoms with Gasteiger partial charge in [0.2, 0.25) is 5.91 Å². The van der Waals surface area contributed by atoms with Gasteiger partial charge in [0.05, 0.1) is 18.4 Å². The Bertz CT molecular complexity index is 539. The molecule has 2 aromatic rings. The van der Waals surface area contributed by atoms with Gasteiger partial charge in [0, 0.05) is 12.2 Å². The Morgan fingerprint density at radius 1 is 1.35 bits per heavy atom. The number of aromatic amines is 1. The lowest BCUT2D eigenvalue weighted by molar-refractivity contribution is -0.120. The van der Waals surface area contributed by atoms with Gasteiger partial charge in [-0.05, 0) is 11.3 Å². The van der Waals surface area contributed by atoms with E-state index < -0.39 is 0 Å². The Morgan fingerprint density at radius 3 is 2.90 bits per heavy atom. The molecule has 0 radical (unpaired) electrons. The van der Waals surface area contributed by atoms with Gasteiger partial charge >= 0.3 is 0 Å². The predicted octanol–water partition coefficient (Wildman–Crippen LogP) is 2.84. The zero-order valence-electron chi connectivity index (χ0n) is 11.6. The number of hydrogen-bond acceptors (Lipinski definition) is 3. The average molecular weight is 289 g/mol. The lowest BCUT2D eigenvalue weighted by Gasteiger charge is -2.02. The van der Waals surface area contributed by atoms with Crippen LogP contribution in [0, 0.1) is 0 Å². The number of rotatable bonds is 7. The third kappa shape index (κ3) is 4.42. The zero-order chi connectivity index (χ0) is 14.2. The molecule has 0 fully saturated rings. The van der Waals surface area contributed by atoms with Gasteiger partial charge < -0.3 is 10.3 Å². The number of carbonyl (C=O) groups excluding carboxylic acids is 1. The molecular weight excluding hydrogens is 270 g/mol. The molecule has 2 rings (SSSR count). The highest BCUT2D eigenvalue weighted by molar-refractivity contribution is 7.99. The molecule has 1 heterocycles. The Balaban J connectivity index is 1.83. The predicted molar refractivity (Wildman–Crippen MR) is 83.5 cm³/mol. The van der Waals surface area contributed by atoms with Crippen molar-refractivity contribution in [1.29, 1.82) is 0 Å². The molecule has 0 saturated heterocycles. The van der Waals surface area contributed by atoms with Gasteiger partial charge in [-0.1, -0.05) is 37.3 Å². The second-order valence-corrected chi connectivity index (χ2v) is 5.73. The third-order valence-corrected chi connectivity index (χ3v) is 3.74. The average Bonchev–Trinajstić information content (AvgIpc) is 2.95. The molecule has 106 valence electrons. The largest absolute Gasteiger partial charge is 0.349 e. The number of amides is 1. The third-order valence-electron chi connectivity index (χ3n) is 2.84. The van der Waals surface area contributed by atoms with Crippen LogP contribution in [0.2, 0.25) is 0 Å². The van der Waals surface area contributed by atoms with E-state index in [1.807, 2.05) is 30.3 Å². The normalized spacial score (nSPS) is 10.4. The second-order valence-electron chi connectivity index (χ2n) is 4.33. The molecule has 4 nitrogen and oxygen atoms in total. The molecule has 1 aromatic carbocycles. The number of thioether (sulfide) groups is 1. The molecule has 0 saturated carbocycles. The molecule has 0 aliphatic carbocycles. The molecule has 0 spiro atoms. The van der Waals surface area contributed by atoms with Crippen LogP contribution in [0.3, 0.4) is 0 Å². The summed E-state index contributed by atoms with van der Waals surface area (Å²) in [7, 11) is 0. The number of hydrogen-bond donors (Lipinski definition) is 2. The van der Waals surface area contributed by atoms with Crippen molar-refractivity contribution in [3.63, 3.8) is 0 Å². The Hall–Kier alpha value is -1.75. The van der Waals surface area contributed by atoms with E-state index in [4.69, 9.17) is 0 Å². The van der Waals surface area contributed by atoms with Gasteiger partial charge in [-0.25, -0.2) is 4.98 Å². The molecule has 2 N–H and O–H groups in total. The minimum absolute atomic E-state index is 0.0728. The van der Waals surface area contributed by atoms with Crippen molar-refractivity contribution in [2.45, 2.75) is 19.9 Å². The summed E-state index contributed by atoms with van der Waals surface area (Å²) >= 11 is 1.78. The first-order valence-electron chi connectivity index (χ1n) is 6.73. The van der Waals surface area contributed by atoms with E-state index in [0.29, 0.717) is 13.0 Å². The maximum Gasteiger partial charge on any atom is 0.221 e. The number of nitrogens with zero attached hydrogens (tertiary/aromatic N) is 1. The van der Waals surface area contributed by atoms with Gasteiger partial charge in [-0.15, -0.1) is 0 Å². The van der Waals surface area contributed by atoms with Crippen LogP contribution in [0.1, 0.15) is 19.2 Å². The standard InChI is InChI=1S/C15H19N3OS/c1-2-20-9-8-15(19)17-11-14-16-10-13(18-14)12-6-4-3-5-7-12/h3-7,10H,2,8-9,11H2,1H3,(H,16,18)(H,17,19). The first-order valence-corrected chi connectivity index (χ1v) is 7.89. The van der Waals surface area contributed by atoms with Crippen molar-refractivity contribution in [3.8, 4) is 11.3 Å². The van der Waals surface area contributed by atoms with Crippen LogP contribution >= 0.6 is 11.8 Å². The van der Waals surface area contributed by atoms with Crippen LogP contribution in [0.4, 0.5) is 0 Å². The van der Waals surface area contributed by atoms with E-state index >= 15 is 0 Å². The van der Waals surface area contributed by atoms with Gasteiger partial charge in [0.25, 0.3) is 0 Å². The van der Waals surface area contributed by atoms with Crippen molar-refractivity contribution in [2.24, 2.45) is 0 Å². The van der Waals surface area contributed by atoms with Crippen molar-refractivity contribution in [1.82, 2.24) is 15.3 Å². The first kappa shape index (κ1) is 14.7. The lowest BCUT2D eigenvalue weighted by atomic mass is 10.2. The number of H-pyrrole nitrogens is 1. The lowest BCUT2D eigenvalue weighted by Crippen LogP contribution is -2.23. The second kappa shape index (κ2) is 7.75. The maximum absolute atomic E-state index is 11.6. The summed E-state index contributed by atoms with van der Waals surface area (Å²) in [6, 6.07) is 10.0. The van der Waals surface area contributed by atoms with Crippen LogP contribution in [-0.2, 0) is 11.3 Å². The molecule has 1 aromatic heterocycles. The zero-order valence-corrected chi connectivity index (χ0v) is 12.4. The highest BCUT2D eigenvalue weighted by Gasteiger charge is 2.05.